The Bertz CT molecular complexity index is 1200. The van der Waals surface area contributed by atoms with Crippen LogP contribution in [-0.2, 0) is 21.4 Å². The van der Waals surface area contributed by atoms with Gasteiger partial charge in [-0.1, -0.05) is 54.6 Å². The Morgan fingerprint density at radius 3 is 2.24 bits per heavy atom. The highest BCUT2D eigenvalue weighted by Gasteiger charge is 2.26. The van der Waals surface area contributed by atoms with E-state index in [4.69, 9.17) is 9.47 Å². The number of carbonyl (C=O) groups excluding carboxylic acids is 1. The summed E-state index contributed by atoms with van der Waals surface area (Å²) in [6, 6.07) is 22.3. The van der Waals surface area contributed by atoms with Gasteiger partial charge >= 0.3 is 0 Å². The maximum absolute atomic E-state index is 13.2. The molecule has 0 aliphatic rings. The van der Waals surface area contributed by atoms with Crippen molar-refractivity contribution < 1.29 is 22.7 Å². The van der Waals surface area contributed by atoms with Crippen molar-refractivity contribution in [3.8, 4) is 11.5 Å². The van der Waals surface area contributed by atoms with E-state index >= 15 is 0 Å². The zero-order valence-corrected chi connectivity index (χ0v) is 19.2. The molecular weight excluding hydrogens is 442 g/mol. The lowest BCUT2D eigenvalue weighted by molar-refractivity contribution is -0.121. The Kier molecular flexibility index (Phi) is 8.17. The number of nitrogens with zero attached hydrogens (tertiary/aromatic N) is 2. The molecule has 0 saturated heterocycles. The van der Waals surface area contributed by atoms with Crippen molar-refractivity contribution in [1.82, 2.24) is 9.73 Å². The van der Waals surface area contributed by atoms with E-state index in [9.17, 15) is 13.2 Å². The van der Waals surface area contributed by atoms with Crippen LogP contribution < -0.4 is 14.9 Å². The van der Waals surface area contributed by atoms with E-state index in [1.54, 1.807) is 48.5 Å². The monoisotopic (exact) mass is 467 g/mol. The molecule has 1 N–H and O–H groups in total. The first-order chi connectivity index (χ1) is 16.0. The van der Waals surface area contributed by atoms with Crippen LogP contribution in [0.3, 0.4) is 0 Å². The van der Waals surface area contributed by atoms with Gasteiger partial charge in [-0.15, -0.1) is 0 Å². The first-order valence-corrected chi connectivity index (χ1v) is 11.5. The van der Waals surface area contributed by atoms with E-state index in [2.05, 4.69) is 10.5 Å². The summed E-state index contributed by atoms with van der Waals surface area (Å²) in [5.74, 6) is 0.412. The van der Waals surface area contributed by atoms with E-state index in [1.165, 1.54) is 32.6 Å². The Balaban J connectivity index is 1.77. The van der Waals surface area contributed by atoms with Gasteiger partial charge < -0.3 is 9.47 Å². The summed E-state index contributed by atoms with van der Waals surface area (Å²) in [6.45, 7) is -0.363. The molecule has 33 heavy (non-hydrogen) atoms. The Labute approximate surface area is 193 Å². The van der Waals surface area contributed by atoms with Gasteiger partial charge in [0.25, 0.3) is 5.91 Å². The van der Waals surface area contributed by atoms with E-state index in [0.29, 0.717) is 17.1 Å². The van der Waals surface area contributed by atoms with E-state index in [0.717, 1.165) is 9.87 Å². The number of hydrazone groups is 1. The molecule has 3 rings (SSSR count). The lowest BCUT2D eigenvalue weighted by Crippen LogP contribution is -2.39. The van der Waals surface area contributed by atoms with Crippen LogP contribution in [0.25, 0.3) is 0 Å². The van der Waals surface area contributed by atoms with Crippen molar-refractivity contribution in [2.45, 2.75) is 11.4 Å². The molecule has 0 radical (unpaired) electrons. The second kappa shape index (κ2) is 11.3. The number of hydrogen-bond donors (Lipinski definition) is 1. The predicted molar refractivity (Wildman–Crippen MR) is 126 cm³/mol. The third kappa shape index (κ3) is 6.18. The smallest absolute Gasteiger partial charge is 0.255 e. The highest BCUT2D eigenvalue weighted by atomic mass is 32.2. The van der Waals surface area contributed by atoms with Gasteiger partial charge in [-0.3, -0.25) is 4.79 Å². The van der Waals surface area contributed by atoms with Gasteiger partial charge in [0.2, 0.25) is 10.0 Å². The van der Waals surface area contributed by atoms with Gasteiger partial charge in [-0.2, -0.15) is 9.41 Å². The summed E-state index contributed by atoms with van der Waals surface area (Å²) >= 11 is 0. The number of para-hydroxylation sites is 1. The molecule has 8 nitrogen and oxygen atoms in total. The number of nitrogens with one attached hydrogen (secondary N) is 1. The Morgan fingerprint density at radius 2 is 1.61 bits per heavy atom. The number of amides is 1. The SMILES string of the molecule is COc1cccc(/C=N\NC(=O)CN(Cc2ccccc2)S(=O)(=O)c2ccccc2)c1OC. The summed E-state index contributed by atoms with van der Waals surface area (Å²) in [4.78, 5) is 12.7. The average molecular weight is 468 g/mol. The molecule has 9 heteroatoms. The molecule has 172 valence electrons. The zero-order valence-electron chi connectivity index (χ0n) is 18.3. The minimum Gasteiger partial charge on any atom is -0.493 e. The lowest BCUT2D eigenvalue weighted by Gasteiger charge is -2.21. The average Bonchev–Trinajstić information content (AvgIpc) is 2.84. The molecule has 0 atom stereocenters. The van der Waals surface area contributed by atoms with Crippen LogP contribution in [0.5, 0.6) is 11.5 Å². The van der Waals surface area contributed by atoms with E-state index < -0.39 is 22.5 Å². The first-order valence-electron chi connectivity index (χ1n) is 10.1. The molecule has 0 heterocycles. The maximum Gasteiger partial charge on any atom is 0.255 e. The van der Waals surface area contributed by atoms with Crippen LogP contribution >= 0.6 is 0 Å². The third-order valence-electron chi connectivity index (χ3n) is 4.73. The van der Waals surface area contributed by atoms with Gasteiger partial charge in [0, 0.05) is 12.1 Å². The van der Waals surface area contributed by atoms with Crippen LogP contribution in [0.4, 0.5) is 0 Å². The Hall–Kier alpha value is -3.69. The number of hydrogen-bond acceptors (Lipinski definition) is 6. The summed E-state index contributed by atoms with van der Waals surface area (Å²) < 4.78 is 38.1. The minimum absolute atomic E-state index is 0.0406. The Morgan fingerprint density at radius 1 is 0.939 bits per heavy atom. The number of rotatable bonds is 10. The highest BCUT2D eigenvalue weighted by molar-refractivity contribution is 7.89. The predicted octanol–water partition coefficient (Wildman–Crippen LogP) is 3.05. The molecule has 0 aliphatic carbocycles. The number of benzene rings is 3. The molecule has 0 spiro atoms. The second-order valence-electron chi connectivity index (χ2n) is 6.95. The number of ether oxygens (including phenoxy) is 2. The molecule has 3 aromatic carbocycles. The van der Waals surface area contributed by atoms with Crippen molar-refractivity contribution in [3.63, 3.8) is 0 Å². The van der Waals surface area contributed by atoms with Crippen molar-refractivity contribution in [3.05, 3.63) is 90.0 Å². The van der Waals surface area contributed by atoms with Crippen LogP contribution in [-0.4, -0.2) is 45.6 Å². The fourth-order valence-corrected chi connectivity index (χ4v) is 4.54. The fraction of sp³-hybridized carbons (Fsp3) is 0.167. The summed E-state index contributed by atoms with van der Waals surface area (Å²) in [7, 11) is -0.881. The van der Waals surface area contributed by atoms with Crippen LogP contribution in [0.15, 0.2) is 88.9 Å². The van der Waals surface area contributed by atoms with E-state index in [-0.39, 0.29) is 11.4 Å². The number of methoxy groups -OCH3 is 2. The second-order valence-corrected chi connectivity index (χ2v) is 8.89. The molecule has 0 saturated carbocycles. The molecule has 0 unspecified atom stereocenters. The standard InChI is InChI=1S/C24H25N3O5S/c1-31-22-15-9-12-20(24(22)32-2)16-25-26-23(28)18-27(17-19-10-5-3-6-11-19)33(29,30)21-13-7-4-8-14-21/h3-16H,17-18H2,1-2H3,(H,26,28)/b25-16-. The largest absolute Gasteiger partial charge is 0.493 e. The van der Waals surface area contributed by atoms with Gasteiger partial charge in [0.1, 0.15) is 0 Å². The molecule has 0 fully saturated rings. The third-order valence-corrected chi connectivity index (χ3v) is 6.53. The number of carbonyl (C=O) groups is 1. The summed E-state index contributed by atoms with van der Waals surface area (Å²) in [5.41, 5.74) is 3.74. The minimum atomic E-state index is -3.91. The fourth-order valence-electron chi connectivity index (χ4n) is 3.14. The van der Waals surface area contributed by atoms with Crippen molar-refractivity contribution in [2.24, 2.45) is 5.10 Å². The van der Waals surface area contributed by atoms with Crippen LogP contribution in [0.2, 0.25) is 0 Å². The summed E-state index contributed by atoms with van der Waals surface area (Å²) in [6.07, 6.45) is 1.41. The molecule has 0 bridgehead atoms. The van der Waals surface area contributed by atoms with Crippen molar-refractivity contribution in [2.75, 3.05) is 20.8 Å². The summed E-state index contributed by atoms with van der Waals surface area (Å²) in [5, 5.41) is 3.96. The molecule has 0 aromatic heterocycles. The molecular formula is C24H25N3O5S. The first kappa shape index (κ1) is 24.0. The zero-order chi connectivity index (χ0) is 23.7. The van der Waals surface area contributed by atoms with Crippen molar-refractivity contribution >= 4 is 22.1 Å². The van der Waals surface area contributed by atoms with Crippen molar-refractivity contribution in [1.29, 1.82) is 0 Å². The van der Waals surface area contributed by atoms with Gasteiger partial charge in [0.05, 0.1) is 31.9 Å². The highest BCUT2D eigenvalue weighted by Crippen LogP contribution is 2.29. The lowest BCUT2D eigenvalue weighted by atomic mass is 10.2. The van der Waals surface area contributed by atoms with Gasteiger partial charge in [-0.05, 0) is 29.8 Å². The molecule has 3 aromatic rings. The number of sulfonamides is 1. The van der Waals surface area contributed by atoms with Crippen LogP contribution in [0.1, 0.15) is 11.1 Å². The van der Waals surface area contributed by atoms with E-state index in [1.807, 2.05) is 18.2 Å². The topological polar surface area (TPSA) is 97.3 Å². The normalized spacial score (nSPS) is 11.5. The van der Waals surface area contributed by atoms with Gasteiger partial charge in [0.15, 0.2) is 11.5 Å². The molecule has 1 amide bonds. The van der Waals surface area contributed by atoms with Crippen LogP contribution in [0, 0.1) is 0 Å². The van der Waals surface area contributed by atoms with Gasteiger partial charge in [-0.25, -0.2) is 13.8 Å². The molecule has 0 aliphatic heterocycles. The maximum atomic E-state index is 13.2. The quantitative estimate of drug-likeness (QED) is 0.365.